The molecule has 1 aromatic heterocycles. The summed E-state index contributed by atoms with van der Waals surface area (Å²) in [5.41, 5.74) is 0. The molecule has 0 spiro atoms. The summed E-state index contributed by atoms with van der Waals surface area (Å²) in [5.74, 6) is -1.16. The van der Waals surface area contributed by atoms with Crippen molar-refractivity contribution in [3.8, 4) is 0 Å². The van der Waals surface area contributed by atoms with Crippen LogP contribution in [0.5, 0.6) is 0 Å². The lowest BCUT2D eigenvalue weighted by atomic mass is 10.1. The summed E-state index contributed by atoms with van der Waals surface area (Å²) in [5, 5.41) is 13.7. The van der Waals surface area contributed by atoms with Gasteiger partial charge in [0.2, 0.25) is 5.91 Å². The van der Waals surface area contributed by atoms with Gasteiger partial charge in [0.25, 0.3) is 0 Å². The number of carboxylic acids is 1. The van der Waals surface area contributed by atoms with Gasteiger partial charge >= 0.3 is 5.97 Å². The standard InChI is InChI=1S/C16H23NO3S/c1-2-3-10-14(16(19)20)17-15(18)11-6-4-5-8-13-9-7-12-21-13/h2-3,7,9,12,14H,4-6,8,10-11H2,1H3,(H,17,18)(H,19,20)/b3-2+. The molecule has 0 aromatic carbocycles. The van der Waals surface area contributed by atoms with Crippen molar-refractivity contribution in [2.75, 3.05) is 0 Å². The van der Waals surface area contributed by atoms with Gasteiger partial charge in [-0.3, -0.25) is 4.79 Å². The number of allylic oxidation sites excluding steroid dienone is 1. The minimum atomic E-state index is -0.987. The number of amides is 1. The molecule has 1 atom stereocenters. The van der Waals surface area contributed by atoms with E-state index in [9.17, 15) is 9.59 Å². The molecular weight excluding hydrogens is 286 g/mol. The van der Waals surface area contributed by atoms with Gasteiger partial charge in [-0.25, -0.2) is 4.79 Å². The largest absolute Gasteiger partial charge is 0.480 e. The monoisotopic (exact) mass is 309 g/mol. The molecule has 21 heavy (non-hydrogen) atoms. The van der Waals surface area contributed by atoms with Crippen LogP contribution in [-0.4, -0.2) is 23.0 Å². The van der Waals surface area contributed by atoms with Crippen LogP contribution in [0.15, 0.2) is 29.7 Å². The van der Waals surface area contributed by atoms with E-state index in [0.29, 0.717) is 12.8 Å². The lowest BCUT2D eigenvalue weighted by Gasteiger charge is -2.12. The number of aryl methyl sites for hydroxylation is 1. The van der Waals surface area contributed by atoms with E-state index in [-0.39, 0.29) is 5.91 Å². The Morgan fingerprint density at radius 3 is 2.81 bits per heavy atom. The normalized spacial score (nSPS) is 12.4. The highest BCUT2D eigenvalue weighted by Gasteiger charge is 2.17. The van der Waals surface area contributed by atoms with Gasteiger partial charge < -0.3 is 10.4 Å². The second kappa shape index (κ2) is 10.2. The van der Waals surface area contributed by atoms with E-state index in [1.807, 2.05) is 13.0 Å². The number of carbonyl (C=O) groups excluding carboxylic acids is 1. The van der Waals surface area contributed by atoms with Gasteiger partial charge in [0.15, 0.2) is 0 Å². The van der Waals surface area contributed by atoms with Gasteiger partial charge in [-0.15, -0.1) is 11.3 Å². The highest BCUT2D eigenvalue weighted by molar-refractivity contribution is 7.09. The fraction of sp³-hybridized carbons (Fsp3) is 0.500. The molecule has 5 heteroatoms. The van der Waals surface area contributed by atoms with Crippen LogP contribution in [0.4, 0.5) is 0 Å². The number of rotatable bonds is 10. The molecule has 0 bridgehead atoms. The predicted molar refractivity (Wildman–Crippen MR) is 85.5 cm³/mol. The molecular formula is C16H23NO3S. The number of carbonyl (C=O) groups is 2. The molecule has 1 aromatic rings. The Morgan fingerprint density at radius 2 is 2.19 bits per heavy atom. The number of hydrogen-bond acceptors (Lipinski definition) is 3. The minimum absolute atomic E-state index is 0.178. The molecule has 1 rings (SSSR count). The summed E-state index contributed by atoms with van der Waals surface area (Å²) >= 11 is 1.76. The number of hydrogen-bond donors (Lipinski definition) is 2. The SMILES string of the molecule is C/C=C/CC(NC(=O)CCCCCc1cccs1)C(=O)O. The Morgan fingerprint density at radius 1 is 1.38 bits per heavy atom. The molecule has 1 unspecified atom stereocenters. The highest BCUT2D eigenvalue weighted by atomic mass is 32.1. The van der Waals surface area contributed by atoms with Crippen molar-refractivity contribution in [3.63, 3.8) is 0 Å². The zero-order chi connectivity index (χ0) is 15.5. The Balaban J connectivity index is 2.15. The quantitative estimate of drug-likeness (QED) is 0.514. The number of aliphatic carboxylic acids is 1. The topological polar surface area (TPSA) is 66.4 Å². The molecule has 1 amide bonds. The molecule has 116 valence electrons. The van der Waals surface area contributed by atoms with Gasteiger partial charge in [0.1, 0.15) is 6.04 Å². The maximum Gasteiger partial charge on any atom is 0.326 e. The van der Waals surface area contributed by atoms with Crippen molar-refractivity contribution in [2.45, 2.75) is 51.5 Å². The first-order valence-corrected chi connectivity index (χ1v) is 8.17. The first-order valence-electron chi connectivity index (χ1n) is 7.29. The molecule has 0 fully saturated rings. The summed E-state index contributed by atoms with van der Waals surface area (Å²) in [6.07, 6.45) is 8.16. The second-order valence-electron chi connectivity index (χ2n) is 4.90. The zero-order valence-electron chi connectivity index (χ0n) is 12.4. The maximum atomic E-state index is 11.7. The summed E-state index contributed by atoms with van der Waals surface area (Å²) in [7, 11) is 0. The molecule has 0 saturated carbocycles. The van der Waals surface area contributed by atoms with E-state index < -0.39 is 12.0 Å². The van der Waals surface area contributed by atoms with Crippen molar-refractivity contribution in [1.82, 2.24) is 5.32 Å². The first kappa shape index (κ1) is 17.4. The van der Waals surface area contributed by atoms with E-state index in [2.05, 4.69) is 16.8 Å². The fourth-order valence-corrected chi connectivity index (χ4v) is 2.73. The summed E-state index contributed by atoms with van der Waals surface area (Å²) < 4.78 is 0. The average molecular weight is 309 g/mol. The molecule has 0 radical (unpaired) electrons. The van der Waals surface area contributed by atoms with Gasteiger partial charge in [-0.05, 0) is 44.1 Å². The van der Waals surface area contributed by atoms with E-state index in [1.54, 1.807) is 23.5 Å². The van der Waals surface area contributed by atoms with Crippen molar-refractivity contribution < 1.29 is 14.7 Å². The van der Waals surface area contributed by atoms with Crippen molar-refractivity contribution in [3.05, 3.63) is 34.5 Å². The third-order valence-electron chi connectivity index (χ3n) is 3.15. The second-order valence-corrected chi connectivity index (χ2v) is 5.94. The van der Waals surface area contributed by atoms with Crippen LogP contribution in [0.1, 0.15) is 43.9 Å². The van der Waals surface area contributed by atoms with Crippen LogP contribution in [-0.2, 0) is 16.0 Å². The third kappa shape index (κ3) is 7.66. The molecule has 0 aliphatic heterocycles. The fourth-order valence-electron chi connectivity index (χ4n) is 1.98. The maximum absolute atomic E-state index is 11.7. The van der Waals surface area contributed by atoms with Crippen LogP contribution < -0.4 is 5.32 Å². The van der Waals surface area contributed by atoms with E-state index in [0.717, 1.165) is 25.7 Å². The van der Waals surface area contributed by atoms with E-state index in [4.69, 9.17) is 5.11 Å². The number of nitrogens with one attached hydrogen (secondary N) is 1. The number of thiophene rings is 1. The van der Waals surface area contributed by atoms with Gasteiger partial charge in [-0.1, -0.05) is 24.6 Å². The average Bonchev–Trinajstić information content (AvgIpc) is 2.96. The first-order chi connectivity index (χ1) is 10.1. The Bertz CT molecular complexity index is 454. The summed E-state index contributed by atoms with van der Waals surface area (Å²) in [6, 6.07) is 3.35. The molecule has 2 N–H and O–H groups in total. The van der Waals surface area contributed by atoms with Crippen molar-refractivity contribution in [1.29, 1.82) is 0 Å². The Labute approximate surface area is 129 Å². The van der Waals surface area contributed by atoms with Crippen LogP contribution in [0.25, 0.3) is 0 Å². The van der Waals surface area contributed by atoms with Crippen LogP contribution in [0.3, 0.4) is 0 Å². The summed E-state index contributed by atoms with van der Waals surface area (Å²) in [6.45, 7) is 1.83. The van der Waals surface area contributed by atoms with Gasteiger partial charge in [-0.2, -0.15) is 0 Å². The highest BCUT2D eigenvalue weighted by Crippen LogP contribution is 2.13. The van der Waals surface area contributed by atoms with E-state index >= 15 is 0 Å². The third-order valence-corrected chi connectivity index (χ3v) is 4.08. The lowest BCUT2D eigenvalue weighted by molar-refractivity contribution is -0.141. The number of unbranched alkanes of at least 4 members (excludes halogenated alkanes) is 2. The molecule has 1 heterocycles. The van der Waals surface area contributed by atoms with Gasteiger partial charge in [0.05, 0.1) is 0 Å². The summed E-state index contributed by atoms with van der Waals surface area (Å²) in [4.78, 5) is 24.1. The van der Waals surface area contributed by atoms with E-state index in [1.165, 1.54) is 4.88 Å². The Kier molecular flexibility index (Phi) is 8.43. The van der Waals surface area contributed by atoms with Crippen molar-refractivity contribution >= 4 is 23.2 Å². The Hall–Kier alpha value is -1.62. The van der Waals surface area contributed by atoms with Crippen molar-refractivity contribution in [2.24, 2.45) is 0 Å². The number of carboxylic acid groups (broad SMARTS) is 1. The molecule has 0 aliphatic rings. The molecule has 4 nitrogen and oxygen atoms in total. The zero-order valence-corrected chi connectivity index (χ0v) is 13.2. The molecule has 0 saturated heterocycles. The smallest absolute Gasteiger partial charge is 0.326 e. The van der Waals surface area contributed by atoms with Crippen LogP contribution in [0.2, 0.25) is 0 Å². The van der Waals surface area contributed by atoms with Crippen LogP contribution in [0, 0.1) is 0 Å². The minimum Gasteiger partial charge on any atom is -0.480 e. The predicted octanol–water partition coefficient (Wildman–Crippen LogP) is 3.39. The van der Waals surface area contributed by atoms with Crippen LogP contribution >= 0.6 is 11.3 Å². The van der Waals surface area contributed by atoms with Gasteiger partial charge in [0, 0.05) is 11.3 Å². The lowest BCUT2D eigenvalue weighted by Crippen LogP contribution is -2.40. The molecule has 0 aliphatic carbocycles.